The minimum atomic E-state index is 0.730. The molecule has 0 atom stereocenters. The van der Waals surface area contributed by atoms with Crippen molar-refractivity contribution in [2.75, 3.05) is 18.4 Å². The molecule has 16 heavy (non-hydrogen) atoms. The average molecular weight is 279 g/mol. The van der Waals surface area contributed by atoms with Crippen molar-refractivity contribution in [3.8, 4) is 0 Å². The summed E-state index contributed by atoms with van der Waals surface area (Å²) in [6.07, 6.45) is 0.998. The van der Waals surface area contributed by atoms with Crippen LogP contribution in [0.15, 0.2) is 40.9 Å². The van der Waals surface area contributed by atoms with Crippen LogP contribution in [0.5, 0.6) is 0 Å². The van der Waals surface area contributed by atoms with Crippen LogP contribution in [0, 0.1) is 0 Å². The van der Waals surface area contributed by atoms with Crippen LogP contribution in [-0.4, -0.2) is 13.1 Å². The molecule has 0 aliphatic carbocycles. The summed E-state index contributed by atoms with van der Waals surface area (Å²) in [7, 11) is 0. The smallest absolute Gasteiger partial charge is 0.0346 e. The van der Waals surface area contributed by atoms with Gasteiger partial charge in [-0.3, -0.25) is 0 Å². The van der Waals surface area contributed by atoms with Gasteiger partial charge in [0, 0.05) is 16.7 Å². The lowest BCUT2D eigenvalue weighted by Gasteiger charge is -2.07. The van der Waals surface area contributed by atoms with E-state index in [1.807, 2.05) is 0 Å². The molecular formula is C13H15BrN2. The van der Waals surface area contributed by atoms with E-state index in [0.717, 1.165) is 29.7 Å². The highest BCUT2D eigenvalue weighted by molar-refractivity contribution is 9.10. The first-order valence-corrected chi connectivity index (χ1v) is 6.22. The van der Waals surface area contributed by atoms with Gasteiger partial charge in [0.15, 0.2) is 0 Å². The molecule has 0 aromatic heterocycles. The first kappa shape index (κ1) is 11.4. The molecular weight excluding hydrogens is 264 g/mol. The predicted octanol–water partition coefficient (Wildman–Crippen LogP) is 3.36. The zero-order valence-electron chi connectivity index (χ0n) is 9.04. The number of halogens is 1. The summed E-state index contributed by atoms with van der Waals surface area (Å²) >= 11 is 3.47. The molecule has 0 saturated carbocycles. The Labute approximate surface area is 104 Å². The molecule has 0 fully saturated rings. The Hall–Kier alpha value is -1.06. The Bertz CT molecular complexity index is 482. The van der Waals surface area contributed by atoms with E-state index in [2.05, 4.69) is 57.6 Å². The number of fused-ring (bicyclic) bond motifs is 1. The minimum absolute atomic E-state index is 0.730. The molecule has 3 N–H and O–H groups in total. The Morgan fingerprint density at radius 2 is 1.81 bits per heavy atom. The van der Waals surface area contributed by atoms with Crippen molar-refractivity contribution in [3.63, 3.8) is 0 Å². The zero-order chi connectivity index (χ0) is 11.4. The Morgan fingerprint density at radius 3 is 2.62 bits per heavy atom. The number of benzene rings is 2. The molecule has 0 aliphatic heterocycles. The van der Waals surface area contributed by atoms with Crippen LogP contribution in [0.4, 0.5) is 5.69 Å². The molecule has 0 bridgehead atoms. The number of hydrogen-bond donors (Lipinski definition) is 2. The third-order valence-corrected chi connectivity index (χ3v) is 3.01. The van der Waals surface area contributed by atoms with E-state index in [1.54, 1.807) is 0 Å². The second kappa shape index (κ2) is 5.32. The van der Waals surface area contributed by atoms with Crippen LogP contribution in [-0.2, 0) is 0 Å². The molecule has 2 nitrogen and oxygen atoms in total. The number of hydrogen-bond acceptors (Lipinski definition) is 2. The lowest BCUT2D eigenvalue weighted by Crippen LogP contribution is -2.08. The molecule has 0 radical (unpaired) electrons. The summed E-state index contributed by atoms with van der Waals surface area (Å²) in [6, 6.07) is 12.7. The van der Waals surface area contributed by atoms with Gasteiger partial charge in [-0.15, -0.1) is 0 Å². The minimum Gasteiger partial charge on any atom is -0.385 e. The van der Waals surface area contributed by atoms with Crippen LogP contribution >= 0.6 is 15.9 Å². The number of nitrogens with one attached hydrogen (secondary N) is 1. The van der Waals surface area contributed by atoms with Gasteiger partial charge in [0.2, 0.25) is 0 Å². The van der Waals surface area contributed by atoms with Gasteiger partial charge >= 0.3 is 0 Å². The summed E-state index contributed by atoms with van der Waals surface area (Å²) < 4.78 is 1.11. The van der Waals surface area contributed by atoms with Crippen molar-refractivity contribution in [2.24, 2.45) is 5.73 Å². The van der Waals surface area contributed by atoms with Gasteiger partial charge in [0.25, 0.3) is 0 Å². The van der Waals surface area contributed by atoms with Gasteiger partial charge in [0.05, 0.1) is 0 Å². The third kappa shape index (κ3) is 2.74. The predicted molar refractivity (Wildman–Crippen MR) is 73.8 cm³/mol. The van der Waals surface area contributed by atoms with E-state index in [-0.39, 0.29) is 0 Å². The van der Waals surface area contributed by atoms with Crippen molar-refractivity contribution in [1.82, 2.24) is 0 Å². The van der Waals surface area contributed by atoms with E-state index in [0.29, 0.717) is 0 Å². The van der Waals surface area contributed by atoms with E-state index < -0.39 is 0 Å². The summed E-state index contributed by atoms with van der Waals surface area (Å²) in [4.78, 5) is 0. The van der Waals surface area contributed by atoms with Crippen LogP contribution in [0.3, 0.4) is 0 Å². The zero-order valence-corrected chi connectivity index (χ0v) is 10.6. The topological polar surface area (TPSA) is 38.0 Å². The van der Waals surface area contributed by atoms with Crippen LogP contribution in [0.2, 0.25) is 0 Å². The Morgan fingerprint density at radius 1 is 1.06 bits per heavy atom. The maximum Gasteiger partial charge on any atom is 0.0346 e. The van der Waals surface area contributed by atoms with Crippen molar-refractivity contribution >= 4 is 32.4 Å². The van der Waals surface area contributed by atoms with E-state index in [9.17, 15) is 0 Å². The van der Waals surface area contributed by atoms with E-state index >= 15 is 0 Å². The Balaban J connectivity index is 2.20. The van der Waals surface area contributed by atoms with Crippen molar-refractivity contribution < 1.29 is 0 Å². The van der Waals surface area contributed by atoms with Crippen molar-refractivity contribution in [3.05, 3.63) is 40.9 Å². The molecule has 0 heterocycles. The van der Waals surface area contributed by atoms with Gasteiger partial charge in [-0.2, -0.15) is 0 Å². The maximum absolute atomic E-state index is 5.45. The van der Waals surface area contributed by atoms with Gasteiger partial charge < -0.3 is 11.1 Å². The normalized spacial score (nSPS) is 10.6. The molecule has 0 saturated heterocycles. The quantitative estimate of drug-likeness (QED) is 0.842. The van der Waals surface area contributed by atoms with Gasteiger partial charge in [-0.1, -0.05) is 28.1 Å². The highest BCUT2D eigenvalue weighted by Crippen LogP contribution is 2.22. The SMILES string of the molecule is NCCCNc1ccc2cc(Br)ccc2c1. The molecule has 0 aliphatic rings. The van der Waals surface area contributed by atoms with E-state index in [4.69, 9.17) is 5.73 Å². The molecule has 2 rings (SSSR count). The number of nitrogens with two attached hydrogens (primary N) is 1. The fourth-order valence-corrected chi connectivity index (χ4v) is 2.04. The number of anilines is 1. The maximum atomic E-state index is 5.45. The molecule has 0 spiro atoms. The monoisotopic (exact) mass is 278 g/mol. The fraction of sp³-hybridized carbons (Fsp3) is 0.231. The van der Waals surface area contributed by atoms with Crippen molar-refractivity contribution in [2.45, 2.75) is 6.42 Å². The summed E-state index contributed by atoms with van der Waals surface area (Å²) in [5.41, 5.74) is 6.61. The highest BCUT2D eigenvalue weighted by Gasteiger charge is 1.96. The van der Waals surface area contributed by atoms with Crippen LogP contribution in [0.1, 0.15) is 6.42 Å². The summed E-state index contributed by atoms with van der Waals surface area (Å²) in [5.74, 6) is 0. The molecule has 0 amide bonds. The largest absolute Gasteiger partial charge is 0.385 e. The average Bonchev–Trinajstić information content (AvgIpc) is 2.29. The summed E-state index contributed by atoms with van der Waals surface area (Å²) in [5, 5.41) is 5.86. The van der Waals surface area contributed by atoms with Crippen LogP contribution in [0.25, 0.3) is 10.8 Å². The van der Waals surface area contributed by atoms with E-state index in [1.165, 1.54) is 10.8 Å². The fourth-order valence-electron chi connectivity index (χ4n) is 1.66. The lowest BCUT2D eigenvalue weighted by atomic mass is 10.1. The second-order valence-electron chi connectivity index (χ2n) is 3.78. The molecule has 2 aromatic rings. The second-order valence-corrected chi connectivity index (χ2v) is 4.69. The first-order valence-electron chi connectivity index (χ1n) is 5.43. The van der Waals surface area contributed by atoms with Gasteiger partial charge in [-0.25, -0.2) is 0 Å². The van der Waals surface area contributed by atoms with Crippen LogP contribution < -0.4 is 11.1 Å². The first-order chi connectivity index (χ1) is 7.79. The van der Waals surface area contributed by atoms with Crippen molar-refractivity contribution in [1.29, 1.82) is 0 Å². The third-order valence-electron chi connectivity index (χ3n) is 2.51. The molecule has 2 aromatic carbocycles. The van der Waals surface area contributed by atoms with Gasteiger partial charge in [0.1, 0.15) is 0 Å². The Kier molecular flexibility index (Phi) is 3.80. The number of rotatable bonds is 4. The molecule has 0 unspecified atom stereocenters. The molecule has 3 heteroatoms. The lowest BCUT2D eigenvalue weighted by molar-refractivity contribution is 0.874. The summed E-state index contributed by atoms with van der Waals surface area (Å²) in [6.45, 7) is 1.66. The standard InChI is InChI=1S/C13H15BrN2/c14-12-4-2-11-9-13(16-7-1-6-15)5-3-10(11)8-12/h2-5,8-9,16H,1,6-7,15H2. The molecule has 84 valence electrons. The van der Waals surface area contributed by atoms with Gasteiger partial charge in [-0.05, 0) is 48.0 Å². The highest BCUT2D eigenvalue weighted by atomic mass is 79.9.